The Balaban J connectivity index is 2.46. The Bertz CT molecular complexity index is 399. The van der Waals surface area contributed by atoms with E-state index in [1.54, 1.807) is 12.1 Å². The van der Waals surface area contributed by atoms with Crippen LogP contribution < -0.4 is 5.32 Å². The Hall–Kier alpha value is -0.870. The number of nitrogens with one attached hydrogen (secondary N) is 1. The van der Waals surface area contributed by atoms with Gasteiger partial charge in [-0.3, -0.25) is 9.59 Å². The van der Waals surface area contributed by atoms with E-state index in [1.807, 2.05) is 13.8 Å². The van der Waals surface area contributed by atoms with Crippen molar-refractivity contribution in [1.29, 1.82) is 0 Å². The van der Waals surface area contributed by atoms with Crippen LogP contribution in [-0.2, 0) is 4.79 Å². The molecule has 0 radical (unpaired) electrons. The third-order valence-corrected chi connectivity index (χ3v) is 3.90. The van der Waals surface area contributed by atoms with Crippen molar-refractivity contribution in [2.75, 3.05) is 6.54 Å². The second-order valence-electron chi connectivity index (χ2n) is 3.76. The molecule has 0 spiro atoms. The van der Waals surface area contributed by atoms with Gasteiger partial charge < -0.3 is 5.32 Å². The van der Waals surface area contributed by atoms with E-state index >= 15 is 0 Å². The maximum atomic E-state index is 11.7. The van der Waals surface area contributed by atoms with E-state index in [9.17, 15) is 9.59 Å². The zero-order valence-corrected chi connectivity index (χ0v) is 11.5. The molecule has 1 aromatic rings. The number of hydrogen-bond donors (Lipinski definition) is 1. The molecule has 1 amide bonds. The van der Waals surface area contributed by atoms with E-state index in [2.05, 4.69) is 5.32 Å². The van der Waals surface area contributed by atoms with E-state index in [4.69, 9.17) is 11.6 Å². The number of carbonyl (C=O) groups excluding carboxylic acids is 2. The molecule has 1 aromatic heterocycles. The maximum Gasteiger partial charge on any atom is 0.223 e. The van der Waals surface area contributed by atoms with Crippen molar-refractivity contribution in [3.05, 3.63) is 21.3 Å². The van der Waals surface area contributed by atoms with Crippen molar-refractivity contribution < 1.29 is 9.59 Å². The van der Waals surface area contributed by atoms with E-state index < -0.39 is 0 Å². The van der Waals surface area contributed by atoms with Gasteiger partial charge in [0.05, 0.1) is 15.8 Å². The van der Waals surface area contributed by atoms with Gasteiger partial charge in [0, 0.05) is 5.92 Å². The second-order valence-corrected chi connectivity index (χ2v) is 5.47. The fourth-order valence-corrected chi connectivity index (χ4v) is 2.50. The number of amides is 1. The molecule has 1 heterocycles. The lowest BCUT2D eigenvalue weighted by molar-refractivity contribution is -0.125. The lowest BCUT2D eigenvalue weighted by Crippen LogP contribution is -2.34. The van der Waals surface area contributed by atoms with Crippen LogP contribution in [0.2, 0.25) is 4.34 Å². The zero-order valence-electron chi connectivity index (χ0n) is 9.96. The first kappa shape index (κ1) is 14.2. The minimum Gasteiger partial charge on any atom is -0.348 e. The van der Waals surface area contributed by atoms with Crippen LogP contribution in [-0.4, -0.2) is 18.2 Å². The molecule has 94 valence electrons. The van der Waals surface area contributed by atoms with Crippen molar-refractivity contribution >= 4 is 34.6 Å². The fourth-order valence-electron chi connectivity index (χ4n) is 1.52. The fraction of sp³-hybridized carbons (Fsp3) is 0.500. The highest BCUT2D eigenvalue weighted by atomic mass is 35.5. The lowest BCUT2D eigenvalue weighted by Gasteiger charge is -2.11. The minimum absolute atomic E-state index is 0.00489. The van der Waals surface area contributed by atoms with Gasteiger partial charge in [-0.25, -0.2) is 0 Å². The molecule has 0 saturated heterocycles. The summed E-state index contributed by atoms with van der Waals surface area (Å²) in [6, 6.07) is 3.36. The first-order valence-electron chi connectivity index (χ1n) is 5.64. The summed E-state index contributed by atoms with van der Waals surface area (Å²) in [4.78, 5) is 23.9. The first-order valence-corrected chi connectivity index (χ1v) is 6.84. The summed E-state index contributed by atoms with van der Waals surface area (Å²) in [5.74, 6) is -0.151. The predicted molar refractivity (Wildman–Crippen MR) is 70.7 cm³/mol. The number of rotatable bonds is 6. The van der Waals surface area contributed by atoms with Crippen molar-refractivity contribution in [3.63, 3.8) is 0 Å². The van der Waals surface area contributed by atoms with Crippen molar-refractivity contribution in [2.45, 2.75) is 26.7 Å². The third-order valence-electron chi connectivity index (χ3n) is 2.63. The Morgan fingerprint density at radius 3 is 2.47 bits per heavy atom. The van der Waals surface area contributed by atoms with Crippen LogP contribution in [0.1, 0.15) is 36.4 Å². The van der Waals surface area contributed by atoms with Gasteiger partial charge in [0.15, 0.2) is 5.78 Å². The normalized spacial score (nSPS) is 10.6. The molecule has 0 aliphatic rings. The molecule has 3 nitrogen and oxygen atoms in total. The van der Waals surface area contributed by atoms with Crippen LogP contribution in [0.5, 0.6) is 0 Å². The molecule has 0 aromatic carbocycles. The van der Waals surface area contributed by atoms with Gasteiger partial charge in [0.25, 0.3) is 0 Å². The number of halogens is 1. The maximum absolute atomic E-state index is 11.7. The van der Waals surface area contributed by atoms with Gasteiger partial charge in [0.2, 0.25) is 5.91 Å². The van der Waals surface area contributed by atoms with Crippen LogP contribution in [0, 0.1) is 5.92 Å². The van der Waals surface area contributed by atoms with Gasteiger partial charge in [-0.05, 0) is 25.0 Å². The molecule has 17 heavy (non-hydrogen) atoms. The molecule has 0 bridgehead atoms. The Morgan fingerprint density at radius 1 is 1.35 bits per heavy atom. The smallest absolute Gasteiger partial charge is 0.223 e. The summed E-state index contributed by atoms with van der Waals surface area (Å²) in [5, 5.41) is 2.67. The molecule has 0 atom stereocenters. The van der Waals surface area contributed by atoms with Crippen molar-refractivity contribution in [3.8, 4) is 0 Å². The van der Waals surface area contributed by atoms with Gasteiger partial charge >= 0.3 is 0 Å². The molecule has 0 unspecified atom stereocenters. The van der Waals surface area contributed by atoms with Crippen LogP contribution in [0.4, 0.5) is 0 Å². The van der Waals surface area contributed by atoms with Crippen molar-refractivity contribution in [2.24, 2.45) is 5.92 Å². The number of Topliss-reactive ketones (excluding diaryl/α,β-unsaturated/α-hetero) is 1. The number of carbonyl (C=O) groups is 2. The first-order chi connectivity index (χ1) is 8.08. The van der Waals surface area contributed by atoms with E-state index in [0.29, 0.717) is 9.21 Å². The van der Waals surface area contributed by atoms with Gasteiger partial charge in [-0.1, -0.05) is 25.4 Å². The average Bonchev–Trinajstić information content (AvgIpc) is 2.74. The third kappa shape index (κ3) is 4.13. The van der Waals surface area contributed by atoms with Gasteiger partial charge in [0.1, 0.15) is 0 Å². The molecular weight excluding hydrogens is 258 g/mol. The Kier molecular flexibility index (Phi) is 5.65. The number of thiophene rings is 1. The molecule has 1 rings (SSSR count). The highest BCUT2D eigenvalue weighted by Crippen LogP contribution is 2.21. The number of hydrogen-bond acceptors (Lipinski definition) is 3. The van der Waals surface area contributed by atoms with Gasteiger partial charge in [-0.15, -0.1) is 11.3 Å². The minimum atomic E-state index is -0.0961. The van der Waals surface area contributed by atoms with Crippen LogP contribution in [0.25, 0.3) is 0 Å². The summed E-state index contributed by atoms with van der Waals surface area (Å²) >= 11 is 6.97. The van der Waals surface area contributed by atoms with Crippen LogP contribution >= 0.6 is 22.9 Å². The Labute approximate surface area is 110 Å². The molecule has 5 heteroatoms. The predicted octanol–water partition coefficient (Wildman–Crippen LogP) is 3.14. The summed E-state index contributed by atoms with van der Waals surface area (Å²) in [5.41, 5.74) is 0. The zero-order chi connectivity index (χ0) is 12.8. The topological polar surface area (TPSA) is 46.2 Å². The molecule has 0 aliphatic heterocycles. The molecular formula is C12H16ClNO2S. The highest BCUT2D eigenvalue weighted by molar-refractivity contribution is 7.18. The van der Waals surface area contributed by atoms with E-state index in [0.717, 1.165) is 12.8 Å². The quantitative estimate of drug-likeness (QED) is 0.810. The standard InChI is InChI=1S/C12H16ClNO2S/c1-3-8(4-2)12(16)14-7-9(15)10-5-6-11(13)17-10/h5-6,8H,3-4,7H2,1-2H3,(H,14,16). The summed E-state index contributed by atoms with van der Waals surface area (Å²) in [7, 11) is 0. The summed E-state index contributed by atoms with van der Waals surface area (Å²) in [6.45, 7) is 3.98. The molecule has 0 fully saturated rings. The largest absolute Gasteiger partial charge is 0.348 e. The molecule has 0 saturated carbocycles. The second kappa shape index (κ2) is 6.77. The monoisotopic (exact) mass is 273 g/mol. The lowest BCUT2D eigenvalue weighted by atomic mass is 10.0. The van der Waals surface area contributed by atoms with E-state index in [1.165, 1.54) is 11.3 Å². The summed E-state index contributed by atoms with van der Waals surface area (Å²) < 4.78 is 0.583. The number of ketones is 1. The Morgan fingerprint density at radius 2 is 2.00 bits per heavy atom. The molecule has 1 N–H and O–H groups in total. The van der Waals surface area contributed by atoms with Crippen LogP contribution in [0.15, 0.2) is 12.1 Å². The average molecular weight is 274 g/mol. The molecule has 0 aliphatic carbocycles. The van der Waals surface area contributed by atoms with Crippen molar-refractivity contribution in [1.82, 2.24) is 5.32 Å². The summed E-state index contributed by atoms with van der Waals surface area (Å²) in [6.07, 6.45) is 1.59. The van der Waals surface area contributed by atoms with Gasteiger partial charge in [-0.2, -0.15) is 0 Å². The van der Waals surface area contributed by atoms with E-state index in [-0.39, 0.29) is 24.2 Å². The highest BCUT2D eigenvalue weighted by Gasteiger charge is 2.16. The van der Waals surface area contributed by atoms with Crippen LogP contribution in [0.3, 0.4) is 0 Å². The SMILES string of the molecule is CCC(CC)C(=O)NCC(=O)c1ccc(Cl)s1.